The highest BCUT2D eigenvalue weighted by Gasteiger charge is 2.24. The second-order valence-electron chi connectivity index (χ2n) is 5.09. The van der Waals surface area contributed by atoms with Gasteiger partial charge in [0, 0.05) is 5.92 Å². The summed E-state index contributed by atoms with van der Waals surface area (Å²) in [7, 11) is 0. The Morgan fingerprint density at radius 2 is 2.19 bits per heavy atom. The maximum atomic E-state index is 9.51. The average Bonchev–Trinajstić information content (AvgIpc) is 2.27. The summed E-state index contributed by atoms with van der Waals surface area (Å²) in [5.41, 5.74) is 1.55. The molecule has 0 aliphatic heterocycles. The molecule has 2 nitrogen and oxygen atoms in total. The highest BCUT2D eigenvalue weighted by atomic mass is 16.6. The van der Waals surface area contributed by atoms with E-state index in [1.807, 2.05) is 6.92 Å². The van der Waals surface area contributed by atoms with Crippen molar-refractivity contribution in [2.24, 2.45) is 11.8 Å². The van der Waals surface area contributed by atoms with E-state index in [1.54, 1.807) is 5.57 Å². The molecule has 1 N–H and O–H groups in total. The summed E-state index contributed by atoms with van der Waals surface area (Å²) in [6, 6.07) is 0. The molecule has 0 saturated heterocycles. The van der Waals surface area contributed by atoms with Crippen LogP contribution in [0.15, 0.2) is 11.6 Å². The molecule has 1 aliphatic rings. The van der Waals surface area contributed by atoms with Crippen LogP contribution in [0.1, 0.15) is 53.4 Å². The average molecular weight is 226 g/mol. The predicted molar refractivity (Wildman–Crippen MR) is 67.1 cm³/mol. The van der Waals surface area contributed by atoms with E-state index in [0.29, 0.717) is 12.3 Å². The van der Waals surface area contributed by atoms with Crippen molar-refractivity contribution in [3.8, 4) is 0 Å². The van der Waals surface area contributed by atoms with Crippen LogP contribution < -0.4 is 0 Å². The van der Waals surface area contributed by atoms with Gasteiger partial charge in [-0.15, -0.1) is 0 Å². The zero-order chi connectivity index (χ0) is 12.1. The van der Waals surface area contributed by atoms with Crippen molar-refractivity contribution in [1.29, 1.82) is 0 Å². The minimum atomic E-state index is -0.606. The number of hydrogen-bond donors (Lipinski definition) is 1. The third-order valence-electron chi connectivity index (χ3n) is 3.51. The van der Waals surface area contributed by atoms with Crippen LogP contribution >= 0.6 is 0 Å². The molecule has 4 atom stereocenters. The lowest BCUT2D eigenvalue weighted by atomic mass is 9.80. The molecule has 2 heteroatoms. The topological polar surface area (TPSA) is 29.5 Å². The highest BCUT2D eigenvalue weighted by Crippen LogP contribution is 2.32. The monoisotopic (exact) mass is 226 g/mol. The fraction of sp³-hybridized carbons (Fsp3) is 0.857. The molecule has 0 aromatic rings. The molecule has 0 fully saturated rings. The third kappa shape index (κ3) is 3.91. The number of hydrogen-bond acceptors (Lipinski definition) is 2. The minimum Gasteiger partial charge on any atom is -0.368 e. The zero-order valence-corrected chi connectivity index (χ0v) is 11.1. The number of rotatable bonds is 5. The molecule has 0 spiro atoms. The molecule has 0 heterocycles. The Morgan fingerprint density at radius 3 is 2.75 bits per heavy atom. The molecule has 0 radical (unpaired) electrons. The maximum Gasteiger partial charge on any atom is 0.154 e. The maximum absolute atomic E-state index is 9.51. The molecule has 0 bridgehead atoms. The van der Waals surface area contributed by atoms with Gasteiger partial charge in [-0.2, -0.15) is 0 Å². The lowest BCUT2D eigenvalue weighted by Gasteiger charge is -2.31. The Kier molecular flexibility index (Phi) is 5.50. The van der Waals surface area contributed by atoms with Crippen molar-refractivity contribution in [1.82, 2.24) is 0 Å². The van der Waals surface area contributed by atoms with Gasteiger partial charge < -0.3 is 9.84 Å². The first kappa shape index (κ1) is 13.7. The summed E-state index contributed by atoms with van der Waals surface area (Å²) >= 11 is 0. The van der Waals surface area contributed by atoms with Crippen LogP contribution in [-0.4, -0.2) is 17.5 Å². The van der Waals surface area contributed by atoms with Crippen LogP contribution in [-0.2, 0) is 4.74 Å². The normalized spacial score (nSPS) is 29.7. The Hall–Kier alpha value is -0.340. The lowest BCUT2D eigenvalue weighted by Crippen LogP contribution is -2.28. The Bertz CT molecular complexity index is 235. The first-order valence-electron chi connectivity index (χ1n) is 6.59. The van der Waals surface area contributed by atoms with Crippen LogP contribution in [0.5, 0.6) is 0 Å². The second kappa shape index (κ2) is 6.41. The summed E-state index contributed by atoms with van der Waals surface area (Å²) < 4.78 is 5.59. The molecule has 16 heavy (non-hydrogen) atoms. The summed E-state index contributed by atoms with van der Waals surface area (Å²) in [6.45, 7) is 8.53. The van der Waals surface area contributed by atoms with E-state index in [4.69, 9.17) is 4.74 Å². The number of allylic oxidation sites excluding steroid dienone is 1. The Morgan fingerprint density at radius 1 is 1.50 bits per heavy atom. The number of ether oxygens (including phenoxy) is 1. The molecule has 0 saturated carbocycles. The van der Waals surface area contributed by atoms with E-state index >= 15 is 0 Å². The minimum absolute atomic E-state index is 0.124. The largest absolute Gasteiger partial charge is 0.368 e. The van der Waals surface area contributed by atoms with Crippen molar-refractivity contribution < 1.29 is 9.84 Å². The summed E-state index contributed by atoms with van der Waals surface area (Å²) in [6.07, 6.45) is 6.11. The van der Waals surface area contributed by atoms with Gasteiger partial charge in [0.15, 0.2) is 6.29 Å². The van der Waals surface area contributed by atoms with Gasteiger partial charge in [0.25, 0.3) is 0 Å². The zero-order valence-electron chi connectivity index (χ0n) is 11.1. The molecule has 0 aromatic heterocycles. The fourth-order valence-corrected chi connectivity index (χ4v) is 2.47. The third-order valence-corrected chi connectivity index (χ3v) is 3.51. The van der Waals surface area contributed by atoms with E-state index in [9.17, 15) is 5.11 Å². The van der Waals surface area contributed by atoms with E-state index in [1.165, 1.54) is 12.8 Å². The fourth-order valence-electron chi connectivity index (χ4n) is 2.47. The first-order chi connectivity index (χ1) is 7.56. The smallest absolute Gasteiger partial charge is 0.154 e. The number of aliphatic hydroxyl groups is 1. The standard InChI is InChI=1S/C14H26O2/c1-5-12-7-10(3)8-13(9-12)11(4)16-14(15)6-2/h9-11,13-15H,5-8H2,1-4H3. The Balaban J connectivity index is 2.57. The van der Waals surface area contributed by atoms with Gasteiger partial charge in [-0.25, -0.2) is 0 Å². The lowest BCUT2D eigenvalue weighted by molar-refractivity contribution is -0.143. The molecule has 4 unspecified atom stereocenters. The molecule has 0 aromatic carbocycles. The van der Waals surface area contributed by atoms with E-state index < -0.39 is 6.29 Å². The summed E-state index contributed by atoms with van der Waals surface area (Å²) in [5.74, 6) is 1.22. The molecule has 1 rings (SSSR count). The Labute approximate surface area is 99.7 Å². The van der Waals surface area contributed by atoms with E-state index in [-0.39, 0.29) is 6.10 Å². The SMILES string of the molecule is CCC1=CC(C(C)OC(O)CC)CC(C)C1. The van der Waals surface area contributed by atoms with Crippen molar-refractivity contribution in [3.63, 3.8) is 0 Å². The van der Waals surface area contributed by atoms with Crippen molar-refractivity contribution in [3.05, 3.63) is 11.6 Å². The highest BCUT2D eigenvalue weighted by molar-refractivity contribution is 5.10. The quantitative estimate of drug-likeness (QED) is 0.574. The van der Waals surface area contributed by atoms with Gasteiger partial charge in [0.05, 0.1) is 6.10 Å². The van der Waals surface area contributed by atoms with Gasteiger partial charge in [-0.3, -0.25) is 0 Å². The molecule has 94 valence electrons. The first-order valence-corrected chi connectivity index (χ1v) is 6.59. The molecular weight excluding hydrogens is 200 g/mol. The van der Waals surface area contributed by atoms with Gasteiger partial charge in [-0.1, -0.05) is 32.4 Å². The van der Waals surface area contributed by atoms with Crippen LogP contribution in [0, 0.1) is 11.8 Å². The van der Waals surface area contributed by atoms with Crippen molar-refractivity contribution in [2.75, 3.05) is 0 Å². The van der Waals surface area contributed by atoms with Crippen LogP contribution in [0.2, 0.25) is 0 Å². The summed E-state index contributed by atoms with van der Waals surface area (Å²) in [4.78, 5) is 0. The van der Waals surface area contributed by atoms with Crippen LogP contribution in [0.25, 0.3) is 0 Å². The molecule has 0 amide bonds. The van der Waals surface area contributed by atoms with Crippen LogP contribution in [0.3, 0.4) is 0 Å². The van der Waals surface area contributed by atoms with Crippen molar-refractivity contribution in [2.45, 2.75) is 65.8 Å². The van der Waals surface area contributed by atoms with Crippen molar-refractivity contribution >= 4 is 0 Å². The van der Waals surface area contributed by atoms with Gasteiger partial charge in [0.1, 0.15) is 0 Å². The number of aliphatic hydroxyl groups excluding tert-OH is 1. The van der Waals surface area contributed by atoms with Gasteiger partial charge in [0.2, 0.25) is 0 Å². The summed E-state index contributed by atoms with van der Waals surface area (Å²) in [5, 5.41) is 9.51. The van der Waals surface area contributed by atoms with Crippen LogP contribution in [0.4, 0.5) is 0 Å². The van der Waals surface area contributed by atoms with Gasteiger partial charge in [-0.05, 0) is 38.5 Å². The van der Waals surface area contributed by atoms with Gasteiger partial charge >= 0.3 is 0 Å². The predicted octanol–water partition coefficient (Wildman–Crippen LogP) is 3.50. The molecule has 1 aliphatic carbocycles. The molecular formula is C14H26O2. The van der Waals surface area contributed by atoms with E-state index in [0.717, 1.165) is 12.3 Å². The van der Waals surface area contributed by atoms with E-state index in [2.05, 4.69) is 26.8 Å². The second-order valence-corrected chi connectivity index (χ2v) is 5.09.